The molecule has 0 aliphatic carbocycles. The first-order chi connectivity index (χ1) is 8.22. The van der Waals surface area contributed by atoms with Gasteiger partial charge in [-0.3, -0.25) is 4.79 Å². The second kappa shape index (κ2) is 4.97. The SMILES string of the molecule is CCOC(=O)Cc1cn2ccc(CO)cc2n1. The van der Waals surface area contributed by atoms with Crippen LogP contribution in [0, 0.1) is 0 Å². The number of imidazole rings is 1. The Kier molecular flexibility index (Phi) is 3.39. The molecule has 0 aliphatic rings. The van der Waals surface area contributed by atoms with Crippen molar-refractivity contribution in [2.45, 2.75) is 20.0 Å². The topological polar surface area (TPSA) is 63.8 Å². The van der Waals surface area contributed by atoms with Crippen LogP contribution in [0.1, 0.15) is 18.2 Å². The first kappa shape index (κ1) is 11.6. The van der Waals surface area contributed by atoms with Crippen molar-refractivity contribution in [3.8, 4) is 0 Å². The van der Waals surface area contributed by atoms with Gasteiger partial charge in [0.2, 0.25) is 0 Å². The van der Waals surface area contributed by atoms with Gasteiger partial charge in [-0.25, -0.2) is 4.98 Å². The fourth-order valence-electron chi connectivity index (χ4n) is 1.62. The first-order valence-electron chi connectivity index (χ1n) is 5.46. The van der Waals surface area contributed by atoms with Crippen LogP contribution in [0.15, 0.2) is 24.5 Å². The number of aromatic nitrogens is 2. The number of aliphatic hydroxyl groups is 1. The Balaban J connectivity index is 2.22. The zero-order valence-corrected chi connectivity index (χ0v) is 9.59. The highest BCUT2D eigenvalue weighted by atomic mass is 16.5. The van der Waals surface area contributed by atoms with Crippen molar-refractivity contribution in [3.05, 3.63) is 35.8 Å². The summed E-state index contributed by atoms with van der Waals surface area (Å²) in [5.41, 5.74) is 2.18. The lowest BCUT2D eigenvalue weighted by molar-refractivity contribution is -0.142. The molecule has 2 aromatic heterocycles. The number of esters is 1. The minimum Gasteiger partial charge on any atom is -0.466 e. The lowest BCUT2D eigenvalue weighted by atomic mass is 10.3. The van der Waals surface area contributed by atoms with Crippen LogP contribution in [0.3, 0.4) is 0 Å². The number of nitrogens with zero attached hydrogens (tertiary/aromatic N) is 2. The van der Waals surface area contributed by atoms with E-state index in [-0.39, 0.29) is 19.0 Å². The largest absolute Gasteiger partial charge is 0.466 e. The molecule has 17 heavy (non-hydrogen) atoms. The molecule has 0 aliphatic heterocycles. The summed E-state index contributed by atoms with van der Waals surface area (Å²) < 4.78 is 6.67. The predicted molar refractivity (Wildman–Crippen MR) is 61.5 cm³/mol. The van der Waals surface area contributed by atoms with Crippen molar-refractivity contribution in [1.82, 2.24) is 9.38 Å². The molecule has 0 saturated carbocycles. The van der Waals surface area contributed by atoms with Crippen LogP contribution < -0.4 is 0 Å². The summed E-state index contributed by atoms with van der Waals surface area (Å²) in [6, 6.07) is 3.59. The molecule has 5 heteroatoms. The van der Waals surface area contributed by atoms with Crippen LogP contribution in [0.5, 0.6) is 0 Å². The third kappa shape index (κ3) is 2.62. The van der Waals surface area contributed by atoms with Crippen molar-refractivity contribution in [1.29, 1.82) is 0 Å². The van der Waals surface area contributed by atoms with E-state index in [1.807, 2.05) is 16.7 Å². The second-order valence-corrected chi connectivity index (χ2v) is 3.67. The number of aliphatic hydroxyl groups excluding tert-OH is 1. The summed E-state index contributed by atoms with van der Waals surface area (Å²) in [4.78, 5) is 15.6. The van der Waals surface area contributed by atoms with Crippen molar-refractivity contribution in [2.24, 2.45) is 0 Å². The average molecular weight is 234 g/mol. The van der Waals surface area contributed by atoms with Gasteiger partial charge in [0.25, 0.3) is 0 Å². The molecule has 1 N–H and O–H groups in total. The van der Waals surface area contributed by atoms with Crippen molar-refractivity contribution in [3.63, 3.8) is 0 Å². The Bertz CT molecular complexity index is 534. The molecule has 2 rings (SSSR count). The average Bonchev–Trinajstić information content (AvgIpc) is 2.69. The highest BCUT2D eigenvalue weighted by Gasteiger charge is 2.08. The van der Waals surface area contributed by atoms with Gasteiger partial charge < -0.3 is 14.2 Å². The number of hydrogen-bond acceptors (Lipinski definition) is 4. The summed E-state index contributed by atoms with van der Waals surface area (Å²) >= 11 is 0. The van der Waals surface area contributed by atoms with Gasteiger partial charge in [-0.15, -0.1) is 0 Å². The van der Waals surface area contributed by atoms with Crippen LogP contribution in [-0.2, 0) is 22.6 Å². The third-order valence-corrected chi connectivity index (χ3v) is 2.39. The smallest absolute Gasteiger partial charge is 0.311 e. The maximum Gasteiger partial charge on any atom is 0.311 e. The molecule has 0 bridgehead atoms. The van der Waals surface area contributed by atoms with E-state index in [2.05, 4.69) is 4.98 Å². The number of rotatable bonds is 4. The van der Waals surface area contributed by atoms with Crippen LogP contribution in [0.4, 0.5) is 0 Å². The first-order valence-corrected chi connectivity index (χ1v) is 5.46. The lowest BCUT2D eigenvalue weighted by Crippen LogP contribution is -2.07. The Hall–Kier alpha value is -1.88. The quantitative estimate of drug-likeness (QED) is 0.799. The zero-order chi connectivity index (χ0) is 12.3. The van der Waals surface area contributed by atoms with Crippen LogP contribution >= 0.6 is 0 Å². The number of fused-ring (bicyclic) bond motifs is 1. The van der Waals surface area contributed by atoms with Crippen LogP contribution in [0.2, 0.25) is 0 Å². The second-order valence-electron chi connectivity index (χ2n) is 3.67. The summed E-state index contributed by atoms with van der Waals surface area (Å²) in [7, 11) is 0. The molecule has 0 radical (unpaired) electrons. The van der Waals surface area contributed by atoms with Gasteiger partial charge in [-0.05, 0) is 24.6 Å². The molecule has 0 spiro atoms. The minimum atomic E-state index is -0.279. The van der Waals surface area contributed by atoms with E-state index < -0.39 is 0 Å². The maximum atomic E-state index is 11.3. The zero-order valence-electron chi connectivity index (χ0n) is 9.59. The summed E-state index contributed by atoms with van der Waals surface area (Å²) in [5.74, 6) is -0.279. The molecule has 90 valence electrons. The van der Waals surface area contributed by atoms with E-state index >= 15 is 0 Å². The molecule has 2 aromatic rings. The van der Waals surface area contributed by atoms with Crippen molar-refractivity contribution in [2.75, 3.05) is 6.61 Å². The molecule has 5 nitrogen and oxygen atoms in total. The number of ether oxygens (including phenoxy) is 1. The molecular weight excluding hydrogens is 220 g/mol. The molecule has 0 unspecified atom stereocenters. The number of hydrogen-bond donors (Lipinski definition) is 1. The van der Waals surface area contributed by atoms with Gasteiger partial charge in [0.15, 0.2) is 0 Å². The van der Waals surface area contributed by atoms with Gasteiger partial charge in [0.05, 0.1) is 25.3 Å². The van der Waals surface area contributed by atoms with E-state index in [1.54, 1.807) is 19.2 Å². The molecule has 0 fully saturated rings. The van der Waals surface area contributed by atoms with Gasteiger partial charge in [0, 0.05) is 12.4 Å². The third-order valence-electron chi connectivity index (χ3n) is 2.39. The van der Waals surface area contributed by atoms with E-state index in [9.17, 15) is 4.79 Å². The van der Waals surface area contributed by atoms with Crippen molar-refractivity contribution < 1.29 is 14.6 Å². The van der Waals surface area contributed by atoms with E-state index in [4.69, 9.17) is 9.84 Å². The van der Waals surface area contributed by atoms with Crippen LogP contribution in [0.25, 0.3) is 5.65 Å². The van der Waals surface area contributed by atoms with E-state index in [0.717, 1.165) is 11.2 Å². The Morgan fingerprint density at radius 3 is 3.12 bits per heavy atom. The van der Waals surface area contributed by atoms with E-state index in [0.29, 0.717) is 12.3 Å². The Morgan fingerprint density at radius 1 is 1.59 bits per heavy atom. The molecule has 0 atom stereocenters. The van der Waals surface area contributed by atoms with Gasteiger partial charge in [-0.2, -0.15) is 0 Å². The maximum absolute atomic E-state index is 11.3. The normalized spacial score (nSPS) is 10.7. The monoisotopic (exact) mass is 234 g/mol. The number of carbonyl (C=O) groups excluding carboxylic acids is 1. The predicted octanol–water partition coefficient (Wildman–Crippen LogP) is 0.932. The highest BCUT2D eigenvalue weighted by Crippen LogP contribution is 2.09. The van der Waals surface area contributed by atoms with Crippen molar-refractivity contribution >= 4 is 11.6 Å². The van der Waals surface area contributed by atoms with Crippen LogP contribution in [-0.4, -0.2) is 27.1 Å². The lowest BCUT2D eigenvalue weighted by Gasteiger charge is -1.97. The standard InChI is InChI=1S/C12H14N2O3/c1-2-17-12(16)6-10-7-14-4-3-9(8-15)5-11(14)13-10/h3-5,7,15H,2,6,8H2,1H3. The summed E-state index contributed by atoms with van der Waals surface area (Å²) in [6.07, 6.45) is 3.76. The molecular formula is C12H14N2O3. The molecule has 0 saturated heterocycles. The summed E-state index contributed by atoms with van der Waals surface area (Å²) in [6.45, 7) is 2.13. The summed E-state index contributed by atoms with van der Waals surface area (Å²) in [5, 5.41) is 9.01. The Morgan fingerprint density at radius 2 is 2.41 bits per heavy atom. The minimum absolute atomic E-state index is 0.0173. The van der Waals surface area contributed by atoms with Gasteiger partial charge in [0.1, 0.15) is 5.65 Å². The van der Waals surface area contributed by atoms with Gasteiger partial charge in [-0.1, -0.05) is 0 Å². The molecule has 0 amide bonds. The molecule has 0 aromatic carbocycles. The van der Waals surface area contributed by atoms with Gasteiger partial charge >= 0.3 is 5.97 Å². The fraction of sp³-hybridized carbons (Fsp3) is 0.333. The highest BCUT2D eigenvalue weighted by molar-refractivity contribution is 5.72. The molecule has 2 heterocycles. The number of carbonyl (C=O) groups is 1. The fourth-order valence-corrected chi connectivity index (χ4v) is 1.62. The van der Waals surface area contributed by atoms with E-state index in [1.165, 1.54) is 0 Å². The number of pyridine rings is 1. The Labute approximate surface area is 98.7 Å².